The summed E-state index contributed by atoms with van der Waals surface area (Å²) in [4.78, 5) is 21.1. The summed E-state index contributed by atoms with van der Waals surface area (Å²) in [5.74, 6) is -0.456. The Hall–Kier alpha value is -3.22. The van der Waals surface area contributed by atoms with Gasteiger partial charge in [-0.2, -0.15) is 0 Å². The molecule has 7 heteroatoms. The van der Waals surface area contributed by atoms with Gasteiger partial charge < -0.3 is 14.5 Å². The van der Waals surface area contributed by atoms with E-state index < -0.39 is 0 Å². The second-order valence-electron chi connectivity index (χ2n) is 7.06. The van der Waals surface area contributed by atoms with Crippen LogP contribution in [0.4, 0.5) is 14.5 Å². The molecule has 0 bridgehead atoms. The van der Waals surface area contributed by atoms with Gasteiger partial charge in [-0.05, 0) is 36.8 Å². The van der Waals surface area contributed by atoms with E-state index in [0.29, 0.717) is 54.1 Å². The van der Waals surface area contributed by atoms with Crippen LogP contribution in [-0.2, 0) is 0 Å². The van der Waals surface area contributed by atoms with Gasteiger partial charge in [0.25, 0.3) is 5.91 Å². The lowest BCUT2D eigenvalue weighted by Gasteiger charge is -2.36. The Bertz CT molecular complexity index is 1080. The van der Waals surface area contributed by atoms with Crippen molar-refractivity contribution in [3.8, 4) is 5.75 Å². The molecule has 0 atom stereocenters. The zero-order chi connectivity index (χ0) is 20.5. The van der Waals surface area contributed by atoms with Crippen LogP contribution in [0.5, 0.6) is 5.75 Å². The Morgan fingerprint density at radius 2 is 1.79 bits per heavy atom. The number of hydrogen-bond donors (Lipinski definition) is 0. The van der Waals surface area contributed by atoms with Crippen LogP contribution >= 0.6 is 0 Å². The quantitative estimate of drug-likeness (QED) is 0.675. The highest BCUT2D eigenvalue weighted by Gasteiger charge is 2.25. The lowest BCUT2D eigenvalue weighted by Crippen LogP contribution is -2.49. The molecule has 0 unspecified atom stereocenters. The molecule has 0 saturated carbocycles. The Kier molecular flexibility index (Phi) is 5.05. The first-order valence-electron chi connectivity index (χ1n) is 9.41. The highest BCUT2D eigenvalue weighted by molar-refractivity contribution is 5.98. The predicted octanol–water partition coefficient (Wildman–Crippen LogP) is 3.79. The number of ether oxygens (including phenoxy) is 1. The number of nitrogens with zero attached hydrogens (tertiary/aromatic N) is 3. The summed E-state index contributed by atoms with van der Waals surface area (Å²) in [6.45, 7) is 3.72. The summed E-state index contributed by atoms with van der Waals surface area (Å²) in [6.07, 6.45) is 0. The molecule has 3 aromatic rings. The van der Waals surface area contributed by atoms with Gasteiger partial charge in [-0.3, -0.25) is 4.79 Å². The number of carbonyl (C=O) groups excluding carboxylic acids is 1. The molecular formula is C22H21F2N3O2. The number of fused-ring (bicyclic) bond motifs is 1. The summed E-state index contributed by atoms with van der Waals surface area (Å²) in [6, 6.07) is 10.9. The number of rotatable bonds is 3. The average Bonchev–Trinajstić information content (AvgIpc) is 2.73. The molecule has 0 N–H and O–H groups in total. The molecule has 0 spiro atoms. The highest BCUT2D eigenvalue weighted by Crippen LogP contribution is 2.29. The van der Waals surface area contributed by atoms with Crippen molar-refractivity contribution in [1.82, 2.24) is 9.88 Å². The van der Waals surface area contributed by atoms with Crippen molar-refractivity contribution < 1.29 is 18.3 Å². The van der Waals surface area contributed by atoms with Crippen LogP contribution in [0, 0.1) is 18.6 Å². The minimum atomic E-state index is -0.376. The van der Waals surface area contributed by atoms with Gasteiger partial charge in [0.2, 0.25) is 0 Å². The van der Waals surface area contributed by atoms with Crippen molar-refractivity contribution in [2.24, 2.45) is 0 Å². The van der Waals surface area contributed by atoms with Crippen LogP contribution in [0.25, 0.3) is 10.9 Å². The first-order valence-corrected chi connectivity index (χ1v) is 9.41. The SMILES string of the molecule is COc1cc(C(=O)N2CCN(c3ccccc3F)CC2)nc2c(C)cc(F)cc12. The molecular weight excluding hydrogens is 376 g/mol. The molecule has 1 saturated heterocycles. The number of aromatic nitrogens is 1. The van der Waals surface area contributed by atoms with Crippen LogP contribution in [0.3, 0.4) is 0 Å². The van der Waals surface area contributed by atoms with E-state index in [1.807, 2.05) is 4.90 Å². The smallest absolute Gasteiger partial charge is 0.272 e. The van der Waals surface area contributed by atoms with Gasteiger partial charge >= 0.3 is 0 Å². The Morgan fingerprint density at radius 1 is 1.07 bits per heavy atom. The molecule has 2 heterocycles. The minimum absolute atomic E-state index is 0.220. The van der Waals surface area contributed by atoms with E-state index >= 15 is 0 Å². The molecule has 29 heavy (non-hydrogen) atoms. The van der Waals surface area contributed by atoms with Crippen molar-refractivity contribution in [2.75, 3.05) is 38.2 Å². The fraction of sp³-hybridized carbons (Fsp3) is 0.273. The maximum atomic E-state index is 14.0. The van der Waals surface area contributed by atoms with Crippen LogP contribution in [0.2, 0.25) is 0 Å². The molecule has 1 aliphatic heterocycles. The predicted molar refractivity (Wildman–Crippen MR) is 108 cm³/mol. The number of pyridine rings is 1. The van der Waals surface area contributed by atoms with Gasteiger partial charge in [0.1, 0.15) is 23.1 Å². The average molecular weight is 397 g/mol. The molecule has 4 rings (SSSR count). The van der Waals surface area contributed by atoms with Crippen LogP contribution < -0.4 is 9.64 Å². The second kappa shape index (κ2) is 7.66. The zero-order valence-corrected chi connectivity index (χ0v) is 16.3. The topological polar surface area (TPSA) is 45.7 Å². The lowest BCUT2D eigenvalue weighted by atomic mass is 10.1. The Labute approximate surface area is 167 Å². The number of anilines is 1. The number of piperazine rings is 1. The summed E-state index contributed by atoms with van der Waals surface area (Å²) in [5.41, 5.74) is 1.97. The summed E-state index contributed by atoms with van der Waals surface area (Å²) < 4.78 is 33.2. The molecule has 1 fully saturated rings. The molecule has 1 amide bonds. The Morgan fingerprint density at radius 3 is 2.48 bits per heavy atom. The number of methoxy groups -OCH3 is 1. The third kappa shape index (κ3) is 3.60. The largest absolute Gasteiger partial charge is 0.496 e. The van der Waals surface area contributed by atoms with E-state index in [1.54, 1.807) is 36.1 Å². The highest BCUT2D eigenvalue weighted by atomic mass is 19.1. The number of hydrogen-bond acceptors (Lipinski definition) is 4. The molecule has 5 nitrogen and oxygen atoms in total. The molecule has 1 aliphatic rings. The molecule has 0 aliphatic carbocycles. The first-order chi connectivity index (χ1) is 14.0. The van der Waals surface area contributed by atoms with E-state index in [1.165, 1.54) is 25.3 Å². The van der Waals surface area contributed by atoms with E-state index in [0.717, 1.165) is 0 Å². The third-order valence-corrected chi connectivity index (χ3v) is 5.23. The van der Waals surface area contributed by atoms with E-state index in [4.69, 9.17) is 4.74 Å². The molecule has 150 valence electrons. The van der Waals surface area contributed by atoms with Gasteiger partial charge in [-0.15, -0.1) is 0 Å². The van der Waals surface area contributed by atoms with Crippen LogP contribution in [0.1, 0.15) is 16.1 Å². The van der Waals surface area contributed by atoms with Gasteiger partial charge in [0.05, 0.1) is 18.3 Å². The van der Waals surface area contributed by atoms with Crippen molar-refractivity contribution in [3.63, 3.8) is 0 Å². The number of halogens is 2. The fourth-order valence-electron chi connectivity index (χ4n) is 3.73. The van der Waals surface area contributed by atoms with Gasteiger partial charge in [0, 0.05) is 37.6 Å². The number of amides is 1. The van der Waals surface area contributed by atoms with Crippen molar-refractivity contribution in [3.05, 3.63) is 65.4 Å². The van der Waals surface area contributed by atoms with Gasteiger partial charge in [-0.25, -0.2) is 13.8 Å². The fourth-order valence-corrected chi connectivity index (χ4v) is 3.73. The maximum absolute atomic E-state index is 14.0. The molecule has 1 aromatic heterocycles. The monoisotopic (exact) mass is 397 g/mol. The van der Waals surface area contributed by atoms with Crippen molar-refractivity contribution >= 4 is 22.5 Å². The summed E-state index contributed by atoms with van der Waals surface area (Å²) in [7, 11) is 1.48. The number of aryl methyl sites for hydroxylation is 1. The van der Waals surface area contributed by atoms with Crippen LogP contribution in [-0.4, -0.2) is 49.1 Å². The summed E-state index contributed by atoms with van der Waals surface area (Å²) in [5, 5.41) is 0.533. The van der Waals surface area contributed by atoms with E-state index in [-0.39, 0.29) is 23.2 Å². The van der Waals surface area contributed by atoms with E-state index in [9.17, 15) is 13.6 Å². The number of benzene rings is 2. The summed E-state index contributed by atoms with van der Waals surface area (Å²) >= 11 is 0. The van der Waals surface area contributed by atoms with Gasteiger partial charge in [0.15, 0.2) is 0 Å². The van der Waals surface area contributed by atoms with Crippen molar-refractivity contribution in [1.29, 1.82) is 0 Å². The second-order valence-corrected chi connectivity index (χ2v) is 7.06. The third-order valence-electron chi connectivity index (χ3n) is 5.23. The first kappa shape index (κ1) is 19.1. The zero-order valence-electron chi connectivity index (χ0n) is 16.3. The van der Waals surface area contributed by atoms with Crippen LogP contribution in [0.15, 0.2) is 42.5 Å². The standard InChI is InChI=1S/C22H21F2N3O2/c1-14-11-15(23)12-16-20(29-2)13-18(25-21(14)16)22(28)27-9-7-26(8-10-27)19-6-4-3-5-17(19)24/h3-6,11-13H,7-10H2,1-2H3. The Balaban J connectivity index is 1.58. The maximum Gasteiger partial charge on any atom is 0.272 e. The molecule has 2 aromatic carbocycles. The van der Waals surface area contributed by atoms with E-state index in [2.05, 4.69) is 4.98 Å². The number of para-hydroxylation sites is 1. The normalized spacial score (nSPS) is 14.3. The lowest BCUT2D eigenvalue weighted by molar-refractivity contribution is 0.0741. The number of carbonyl (C=O) groups is 1. The van der Waals surface area contributed by atoms with Gasteiger partial charge in [-0.1, -0.05) is 12.1 Å². The molecule has 0 radical (unpaired) electrons. The van der Waals surface area contributed by atoms with Crippen molar-refractivity contribution in [2.45, 2.75) is 6.92 Å². The minimum Gasteiger partial charge on any atom is -0.496 e.